The lowest BCUT2D eigenvalue weighted by Crippen LogP contribution is -2.47. The second-order valence-electron chi connectivity index (χ2n) is 11.1. The van der Waals surface area contributed by atoms with Crippen LogP contribution in [-0.4, -0.2) is 40.4 Å². The van der Waals surface area contributed by atoms with Crippen molar-refractivity contribution in [3.63, 3.8) is 0 Å². The van der Waals surface area contributed by atoms with Gasteiger partial charge < -0.3 is 16.0 Å². The van der Waals surface area contributed by atoms with Gasteiger partial charge in [0.1, 0.15) is 21.7 Å². The van der Waals surface area contributed by atoms with Crippen molar-refractivity contribution in [2.75, 3.05) is 16.0 Å². The molecule has 1 aliphatic carbocycles. The van der Waals surface area contributed by atoms with Crippen LogP contribution in [0.5, 0.6) is 0 Å². The average molecular weight is 837 g/mol. The van der Waals surface area contributed by atoms with Crippen molar-refractivity contribution in [2.45, 2.75) is 47.7 Å². The Hall–Kier alpha value is -4.01. The highest BCUT2D eigenvalue weighted by Crippen LogP contribution is 2.65. The van der Waals surface area contributed by atoms with Crippen molar-refractivity contribution in [2.24, 2.45) is 5.92 Å². The molecule has 3 aromatic carbocycles. The highest BCUT2D eigenvalue weighted by atomic mass is 35.5. The first-order valence-corrected chi connectivity index (χ1v) is 15.3. The zero-order valence-electron chi connectivity index (χ0n) is 25.4. The van der Waals surface area contributed by atoms with Crippen LogP contribution < -0.4 is 16.0 Å². The van der Waals surface area contributed by atoms with Gasteiger partial charge in [0.2, 0.25) is 11.8 Å². The van der Waals surface area contributed by atoms with Crippen LogP contribution >= 0.6 is 34.8 Å². The van der Waals surface area contributed by atoms with Crippen molar-refractivity contribution in [1.82, 2.24) is 0 Å². The lowest BCUT2D eigenvalue weighted by molar-refractivity contribution is -0.448. The monoisotopic (exact) mass is 835 g/mol. The van der Waals surface area contributed by atoms with Crippen molar-refractivity contribution >= 4 is 69.6 Å². The first-order chi connectivity index (χ1) is 24.2. The van der Waals surface area contributed by atoms with E-state index in [1.54, 1.807) is 0 Å². The Labute approximate surface area is 302 Å². The molecule has 1 aliphatic rings. The molecule has 0 saturated heterocycles. The minimum atomic E-state index is -6.28. The second-order valence-corrected chi connectivity index (χ2v) is 13.0. The fraction of sp³-hybridized carbons (Fsp3) is 0.300. The standard InChI is InChI=1S/C30H17Cl3F13N3O4/c31-15-3-2-12(47-25(52)21-20(27(21,32)33)11-1-4-16(34)14(9-11)28(38,39)40)10-13(15)24(51)48-18-6-5-17(35)23(22(18)36)49-19(50)7-8-26(37,29(41,42)43)53-30(44,45)46/h1-6,9-10,20-21H,7-8H2,(H,47,52)(H,48,51)(H,49,50)/t20-,21+,26?/m0/s1. The van der Waals surface area contributed by atoms with E-state index in [0.29, 0.717) is 24.3 Å². The number of benzene rings is 3. The summed E-state index contributed by atoms with van der Waals surface area (Å²) in [6, 6.07) is 6.10. The fourth-order valence-corrected chi connectivity index (χ4v) is 5.91. The van der Waals surface area contributed by atoms with Gasteiger partial charge in [-0.2, -0.15) is 26.3 Å². The van der Waals surface area contributed by atoms with E-state index in [2.05, 4.69) is 10.1 Å². The first-order valence-electron chi connectivity index (χ1n) is 14.1. The van der Waals surface area contributed by atoms with E-state index in [1.165, 1.54) is 5.32 Å². The number of alkyl halides is 12. The summed E-state index contributed by atoms with van der Waals surface area (Å²) in [5.41, 5.74) is -4.86. The van der Waals surface area contributed by atoms with Gasteiger partial charge in [-0.05, 0) is 48.0 Å². The fourth-order valence-electron chi connectivity index (χ4n) is 4.88. The molecule has 3 N–H and O–H groups in total. The molecule has 3 aromatic rings. The zero-order chi connectivity index (χ0) is 40.1. The molecule has 288 valence electrons. The Kier molecular flexibility index (Phi) is 11.6. The van der Waals surface area contributed by atoms with Crippen LogP contribution in [0.1, 0.15) is 40.2 Å². The molecule has 7 nitrogen and oxygen atoms in total. The summed E-state index contributed by atoms with van der Waals surface area (Å²) < 4.78 is 173. The number of ether oxygens (including phenoxy) is 1. The van der Waals surface area contributed by atoms with Gasteiger partial charge in [0.05, 0.1) is 27.8 Å². The predicted octanol–water partition coefficient (Wildman–Crippen LogP) is 10.0. The Morgan fingerprint density at radius 2 is 1.42 bits per heavy atom. The van der Waals surface area contributed by atoms with E-state index >= 15 is 4.39 Å². The van der Waals surface area contributed by atoms with Crippen molar-refractivity contribution < 1.29 is 76.2 Å². The van der Waals surface area contributed by atoms with Gasteiger partial charge in [0, 0.05) is 24.4 Å². The smallest absolute Gasteiger partial charge is 0.326 e. The van der Waals surface area contributed by atoms with Crippen molar-refractivity contribution in [3.05, 3.63) is 87.7 Å². The molecule has 1 fully saturated rings. The van der Waals surface area contributed by atoms with Gasteiger partial charge in [-0.15, -0.1) is 36.4 Å². The number of amides is 3. The Balaban J connectivity index is 1.47. The largest absolute Gasteiger partial charge is 0.525 e. The van der Waals surface area contributed by atoms with Gasteiger partial charge in [0.15, 0.2) is 5.82 Å². The van der Waals surface area contributed by atoms with Gasteiger partial charge in [-0.25, -0.2) is 22.3 Å². The quantitative estimate of drug-likeness (QED) is 0.140. The number of anilines is 3. The van der Waals surface area contributed by atoms with E-state index in [1.807, 2.05) is 5.32 Å². The molecule has 0 radical (unpaired) electrons. The molecule has 0 aromatic heterocycles. The number of hydrogen-bond donors (Lipinski definition) is 3. The lowest BCUT2D eigenvalue weighted by atomic mass is 10.0. The van der Waals surface area contributed by atoms with Crippen molar-refractivity contribution in [3.8, 4) is 0 Å². The number of halogens is 16. The van der Waals surface area contributed by atoms with Gasteiger partial charge in [0.25, 0.3) is 5.91 Å². The molecule has 4 rings (SSSR count). The molecule has 0 bridgehead atoms. The highest BCUT2D eigenvalue weighted by Gasteiger charge is 2.68. The van der Waals surface area contributed by atoms with Crippen LogP contribution in [-0.2, 0) is 20.5 Å². The Morgan fingerprint density at radius 1 is 0.792 bits per heavy atom. The summed E-state index contributed by atoms with van der Waals surface area (Å²) in [5, 5.41) is 5.35. The molecule has 0 aliphatic heterocycles. The Bertz CT molecular complexity index is 1940. The van der Waals surface area contributed by atoms with Crippen LogP contribution in [0.4, 0.5) is 74.1 Å². The van der Waals surface area contributed by atoms with Crippen LogP contribution in [0.2, 0.25) is 5.02 Å². The molecule has 3 atom stereocenters. The summed E-state index contributed by atoms with van der Waals surface area (Å²) in [6.45, 7) is 0. The highest BCUT2D eigenvalue weighted by molar-refractivity contribution is 6.53. The number of carbonyl (C=O) groups excluding carboxylic acids is 3. The molecule has 1 unspecified atom stereocenters. The van der Waals surface area contributed by atoms with Crippen LogP contribution in [0.3, 0.4) is 0 Å². The van der Waals surface area contributed by atoms with Gasteiger partial charge in [-0.3, -0.25) is 14.4 Å². The average Bonchev–Trinajstić information content (AvgIpc) is 3.60. The molecule has 3 amide bonds. The number of carbonyl (C=O) groups is 3. The Morgan fingerprint density at radius 3 is 2.00 bits per heavy atom. The normalized spacial score (nSPS) is 18.2. The van der Waals surface area contributed by atoms with E-state index in [0.717, 1.165) is 24.3 Å². The van der Waals surface area contributed by atoms with E-state index < -0.39 is 111 Å². The third-order valence-electron chi connectivity index (χ3n) is 7.45. The maximum atomic E-state index is 15.2. The maximum absolute atomic E-state index is 15.2. The maximum Gasteiger partial charge on any atom is 0.525 e. The number of hydrogen-bond acceptors (Lipinski definition) is 4. The van der Waals surface area contributed by atoms with Gasteiger partial charge >= 0.3 is 24.6 Å². The summed E-state index contributed by atoms with van der Waals surface area (Å²) >= 11 is 18.4. The zero-order valence-corrected chi connectivity index (χ0v) is 27.6. The molecular weight excluding hydrogens is 820 g/mol. The van der Waals surface area contributed by atoms with E-state index in [4.69, 9.17) is 34.8 Å². The van der Waals surface area contributed by atoms with Crippen LogP contribution in [0.15, 0.2) is 48.5 Å². The minimum Gasteiger partial charge on any atom is -0.326 e. The van der Waals surface area contributed by atoms with E-state index in [-0.39, 0.29) is 16.3 Å². The first kappa shape index (κ1) is 41.7. The van der Waals surface area contributed by atoms with Gasteiger partial charge in [-0.1, -0.05) is 17.7 Å². The van der Waals surface area contributed by atoms with Crippen LogP contribution in [0, 0.1) is 23.4 Å². The summed E-state index contributed by atoms with van der Waals surface area (Å²) in [4.78, 5) is 38.2. The number of rotatable bonds is 10. The molecular formula is C30H17Cl3F13N3O4. The topological polar surface area (TPSA) is 96.5 Å². The summed E-state index contributed by atoms with van der Waals surface area (Å²) in [7, 11) is 0. The summed E-state index contributed by atoms with van der Waals surface area (Å²) in [5.74, 6) is -17.0. The molecule has 53 heavy (non-hydrogen) atoms. The molecule has 23 heteroatoms. The number of nitrogens with one attached hydrogen (secondary N) is 3. The predicted molar refractivity (Wildman–Crippen MR) is 161 cm³/mol. The molecule has 0 spiro atoms. The van der Waals surface area contributed by atoms with Crippen molar-refractivity contribution in [1.29, 1.82) is 0 Å². The molecule has 1 saturated carbocycles. The third-order valence-corrected chi connectivity index (χ3v) is 8.72. The van der Waals surface area contributed by atoms with E-state index in [9.17, 15) is 67.1 Å². The lowest BCUT2D eigenvalue weighted by Gasteiger charge is -2.28. The third kappa shape index (κ3) is 9.39. The molecule has 0 heterocycles. The summed E-state index contributed by atoms with van der Waals surface area (Å²) in [6.07, 6.45) is -21.5. The minimum absolute atomic E-state index is 0.195. The SMILES string of the molecule is O=C(CCC(F)(OC(F)(F)F)C(F)(F)F)Nc1c(F)ccc(NC(=O)c2cc(NC(=O)[C@H]3[C@H](c4ccc(F)c(C(F)(F)F)c4)C3(Cl)Cl)ccc2Cl)c1F. The van der Waals surface area contributed by atoms with Crippen LogP contribution in [0.25, 0.3) is 0 Å². The second kappa shape index (κ2) is 14.7.